The van der Waals surface area contributed by atoms with Crippen LogP contribution in [0.4, 0.5) is 5.95 Å². The van der Waals surface area contributed by atoms with Gasteiger partial charge in [-0.15, -0.1) is 0 Å². The molecule has 0 aliphatic carbocycles. The maximum absolute atomic E-state index is 13.1. The molecule has 0 saturated heterocycles. The molecule has 3 aromatic rings. The van der Waals surface area contributed by atoms with Gasteiger partial charge in [-0.05, 0) is 35.7 Å². The minimum Gasteiger partial charge on any atom is -0.454 e. The van der Waals surface area contributed by atoms with Gasteiger partial charge in [-0.25, -0.2) is 9.97 Å². The van der Waals surface area contributed by atoms with E-state index in [0.717, 1.165) is 16.9 Å². The molecule has 0 unspecified atom stereocenters. The third kappa shape index (κ3) is 5.04. The SMILES string of the molecule is CC(C)CN(C)C(=O)c1cnc(NCc2ccc3c(c2)OCO3)nc1-c1ccc(C#N)cc1. The summed E-state index contributed by atoms with van der Waals surface area (Å²) in [6.45, 7) is 5.44. The Labute approximate surface area is 192 Å². The van der Waals surface area contributed by atoms with Crippen LogP contribution in [0, 0.1) is 17.2 Å². The van der Waals surface area contributed by atoms with Gasteiger partial charge in [-0.2, -0.15) is 5.26 Å². The number of nitriles is 1. The predicted octanol–water partition coefficient (Wildman–Crippen LogP) is 4.08. The van der Waals surface area contributed by atoms with Gasteiger partial charge in [0.05, 0.1) is 22.9 Å². The topological polar surface area (TPSA) is 100 Å². The van der Waals surface area contributed by atoms with Crippen molar-refractivity contribution in [2.75, 3.05) is 25.7 Å². The van der Waals surface area contributed by atoms with Crippen LogP contribution < -0.4 is 14.8 Å². The van der Waals surface area contributed by atoms with E-state index in [9.17, 15) is 4.79 Å². The number of hydrogen-bond donors (Lipinski definition) is 1. The van der Waals surface area contributed by atoms with Gasteiger partial charge in [0.1, 0.15) is 0 Å². The van der Waals surface area contributed by atoms with Crippen molar-refractivity contribution in [3.8, 4) is 28.8 Å². The zero-order chi connectivity index (χ0) is 23.4. The Kier molecular flexibility index (Phi) is 6.41. The number of rotatable bonds is 7. The number of amides is 1. The Morgan fingerprint density at radius 3 is 2.67 bits per heavy atom. The van der Waals surface area contributed by atoms with E-state index in [2.05, 4.69) is 35.2 Å². The lowest BCUT2D eigenvalue weighted by molar-refractivity contribution is 0.0779. The van der Waals surface area contributed by atoms with Crippen LogP contribution in [0.15, 0.2) is 48.7 Å². The molecule has 1 aromatic heterocycles. The standard InChI is InChI=1S/C25H25N5O3/c1-16(2)14-30(3)24(31)20-13-28-25(29-23(20)19-7-4-17(11-26)5-8-19)27-12-18-6-9-21-22(10-18)33-15-32-21/h4-10,13,16H,12,14-15H2,1-3H3,(H,27,28,29). The largest absolute Gasteiger partial charge is 0.454 e. The first-order valence-electron chi connectivity index (χ1n) is 10.7. The van der Waals surface area contributed by atoms with Crippen molar-refractivity contribution in [2.45, 2.75) is 20.4 Å². The smallest absolute Gasteiger partial charge is 0.257 e. The summed E-state index contributed by atoms with van der Waals surface area (Å²) >= 11 is 0. The third-order valence-corrected chi connectivity index (χ3v) is 5.18. The molecule has 0 bridgehead atoms. The Balaban J connectivity index is 1.62. The number of fused-ring (bicyclic) bond motifs is 1. The second kappa shape index (κ2) is 9.57. The Morgan fingerprint density at radius 1 is 1.18 bits per heavy atom. The fourth-order valence-electron chi connectivity index (χ4n) is 3.61. The quantitative estimate of drug-likeness (QED) is 0.587. The first-order valence-corrected chi connectivity index (χ1v) is 10.7. The van der Waals surface area contributed by atoms with E-state index in [1.54, 1.807) is 42.4 Å². The first kappa shape index (κ1) is 22.1. The molecule has 0 saturated carbocycles. The van der Waals surface area contributed by atoms with Gasteiger partial charge in [0.25, 0.3) is 5.91 Å². The Morgan fingerprint density at radius 2 is 1.94 bits per heavy atom. The highest BCUT2D eigenvalue weighted by atomic mass is 16.7. The summed E-state index contributed by atoms with van der Waals surface area (Å²) in [5.41, 5.74) is 3.20. The summed E-state index contributed by atoms with van der Waals surface area (Å²) in [4.78, 5) is 23.9. The summed E-state index contributed by atoms with van der Waals surface area (Å²) < 4.78 is 10.8. The molecule has 4 rings (SSSR count). The van der Waals surface area contributed by atoms with E-state index in [1.165, 1.54) is 0 Å². The lowest BCUT2D eigenvalue weighted by atomic mass is 10.0. The Bertz CT molecular complexity index is 1200. The van der Waals surface area contributed by atoms with E-state index < -0.39 is 0 Å². The number of nitrogens with zero attached hydrogens (tertiary/aromatic N) is 4. The molecule has 8 nitrogen and oxygen atoms in total. The minimum atomic E-state index is -0.148. The number of hydrogen-bond acceptors (Lipinski definition) is 7. The van der Waals surface area contributed by atoms with E-state index in [0.29, 0.717) is 47.5 Å². The Hall–Kier alpha value is -4.12. The number of benzene rings is 2. The highest BCUT2D eigenvalue weighted by Crippen LogP contribution is 2.32. The molecule has 0 radical (unpaired) electrons. The molecule has 0 atom stereocenters. The zero-order valence-corrected chi connectivity index (χ0v) is 18.8. The van der Waals surface area contributed by atoms with Gasteiger partial charge in [-0.3, -0.25) is 4.79 Å². The fourth-order valence-corrected chi connectivity index (χ4v) is 3.61. The molecular formula is C25H25N5O3. The second-order valence-corrected chi connectivity index (χ2v) is 8.27. The predicted molar refractivity (Wildman–Crippen MR) is 124 cm³/mol. The fraction of sp³-hybridized carbons (Fsp3) is 0.280. The summed E-state index contributed by atoms with van der Waals surface area (Å²) in [5.74, 6) is 2.02. The third-order valence-electron chi connectivity index (χ3n) is 5.18. The molecule has 1 aliphatic heterocycles. The molecule has 8 heteroatoms. The van der Waals surface area contributed by atoms with Crippen LogP contribution >= 0.6 is 0 Å². The maximum atomic E-state index is 13.1. The molecule has 2 aromatic carbocycles. The van der Waals surface area contributed by atoms with Crippen LogP contribution in [0.2, 0.25) is 0 Å². The van der Waals surface area contributed by atoms with Gasteiger partial charge >= 0.3 is 0 Å². The van der Waals surface area contributed by atoms with Crippen molar-refractivity contribution in [1.82, 2.24) is 14.9 Å². The average Bonchev–Trinajstić information content (AvgIpc) is 3.30. The van der Waals surface area contributed by atoms with Crippen molar-refractivity contribution >= 4 is 11.9 Å². The van der Waals surface area contributed by atoms with Crippen molar-refractivity contribution in [3.05, 3.63) is 65.4 Å². The molecule has 0 fully saturated rings. The van der Waals surface area contributed by atoms with Crippen molar-refractivity contribution in [3.63, 3.8) is 0 Å². The maximum Gasteiger partial charge on any atom is 0.257 e. The van der Waals surface area contributed by atoms with Crippen LogP contribution in [0.1, 0.15) is 35.3 Å². The highest BCUT2D eigenvalue weighted by molar-refractivity contribution is 5.99. The average molecular weight is 444 g/mol. The zero-order valence-electron chi connectivity index (χ0n) is 18.8. The highest BCUT2D eigenvalue weighted by Gasteiger charge is 2.20. The lowest BCUT2D eigenvalue weighted by Crippen LogP contribution is -2.31. The normalized spacial score (nSPS) is 11.8. The minimum absolute atomic E-state index is 0.148. The van der Waals surface area contributed by atoms with Gasteiger partial charge < -0.3 is 19.7 Å². The molecule has 2 heterocycles. The van der Waals surface area contributed by atoms with Gasteiger partial charge in [0, 0.05) is 31.9 Å². The van der Waals surface area contributed by atoms with Crippen LogP contribution in [0.25, 0.3) is 11.3 Å². The first-order chi connectivity index (χ1) is 15.9. The van der Waals surface area contributed by atoms with E-state index in [4.69, 9.17) is 14.7 Å². The van der Waals surface area contributed by atoms with E-state index in [1.807, 2.05) is 18.2 Å². The molecule has 1 aliphatic rings. The number of carbonyl (C=O) groups excluding carboxylic acids is 1. The molecule has 0 spiro atoms. The summed E-state index contributed by atoms with van der Waals surface area (Å²) in [5, 5.41) is 12.3. The number of nitrogens with one attached hydrogen (secondary N) is 1. The van der Waals surface area contributed by atoms with Crippen LogP contribution in [0.5, 0.6) is 11.5 Å². The van der Waals surface area contributed by atoms with Crippen molar-refractivity contribution < 1.29 is 14.3 Å². The van der Waals surface area contributed by atoms with Crippen molar-refractivity contribution in [1.29, 1.82) is 5.26 Å². The summed E-state index contributed by atoms with van der Waals surface area (Å²) in [7, 11) is 1.77. The molecule has 168 valence electrons. The number of ether oxygens (including phenoxy) is 2. The lowest BCUT2D eigenvalue weighted by Gasteiger charge is -2.21. The second-order valence-electron chi connectivity index (χ2n) is 8.27. The van der Waals surface area contributed by atoms with E-state index in [-0.39, 0.29) is 12.7 Å². The number of carbonyl (C=O) groups is 1. The number of anilines is 1. The van der Waals surface area contributed by atoms with Crippen LogP contribution in [0.3, 0.4) is 0 Å². The van der Waals surface area contributed by atoms with Gasteiger partial charge in [0.2, 0.25) is 12.7 Å². The van der Waals surface area contributed by atoms with E-state index >= 15 is 0 Å². The number of aromatic nitrogens is 2. The van der Waals surface area contributed by atoms with Crippen LogP contribution in [-0.2, 0) is 6.54 Å². The molecule has 1 amide bonds. The monoisotopic (exact) mass is 443 g/mol. The van der Waals surface area contributed by atoms with Gasteiger partial charge in [-0.1, -0.05) is 32.0 Å². The molecule has 1 N–H and O–H groups in total. The van der Waals surface area contributed by atoms with Crippen LogP contribution in [-0.4, -0.2) is 41.2 Å². The molecular weight excluding hydrogens is 418 g/mol. The van der Waals surface area contributed by atoms with Crippen molar-refractivity contribution in [2.24, 2.45) is 5.92 Å². The molecule has 33 heavy (non-hydrogen) atoms. The van der Waals surface area contributed by atoms with Gasteiger partial charge in [0.15, 0.2) is 11.5 Å². The summed E-state index contributed by atoms with van der Waals surface area (Å²) in [6.07, 6.45) is 1.56. The summed E-state index contributed by atoms with van der Waals surface area (Å²) in [6, 6.07) is 14.8.